The Kier molecular flexibility index (Phi) is 4.53. The smallest absolute Gasteiger partial charge is 0.165 e. The van der Waals surface area contributed by atoms with E-state index in [0.29, 0.717) is 6.04 Å². The van der Waals surface area contributed by atoms with E-state index in [1.165, 1.54) is 50.6 Å². The van der Waals surface area contributed by atoms with Crippen LogP contribution in [-0.4, -0.2) is 20.8 Å². The van der Waals surface area contributed by atoms with Gasteiger partial charge in [0.2, 0.25) is 0 Å². The normalized spacial score (nSPS) is 17.2. The predicted molar refractivity (Wildman–Crippen MR) is 86.2 cm³/mol. The molecule has 1 N–H and O–H groups in total. The molecule has 1 aromatic carbocycles. The average Bonchev–Trinajstić information content (AvgIpc) is 2.88. The SMILES string of the molecule is Cn1cnnc1-c1ccccc1NC1CCCCCCC1. The molecule has 1 aliphatic rings. The van der Waals surface area contributed by atoms with E-state index in [-0.39, 0.29) is 0 Å². The van der Waals surface area contributed by atoms with E-state index in [9.17, 15) is 0 Å². The first-order valence-electron chi connectivity index (χ1n) is 8.04. The minimum atomic E-state index is 0.583. The zero-order chi connectivity index (χ0) is 14.5. The Morgan fingerprint density at radius 3 is 2.48 bits per heavy atom. The second-order valence-electron chi connectivity index (χ2n) is 6.00. The summed E-state index contributed by atoms with van der Waals surface area (Å²) in [6.07, 6.45) is 11.1. The molecule has 1 fully saturated rings. The van der Waals surface area contributed by atoms with Gasteiger partial charge in [0.05, 0.1) is 0 Å². The van der Waals surface area contributed by atoms with Crippen molar-refractivity contribution in [2.24, 2.45) is 7.05 Å². The molecule has 21 heavy (non-hydrogen) atoms. The van der Waals surface area contributed by atoms with Crippen LogP contribution in [0.1, 0.15) is 44.9 Å². The molecule has 0 aliphatic heterocycles. The lowest BCUT2D eigenvalue weighted by atomic mass is 9.96. The van der Waals surface area contributed by atoms with Gasteiger partial charge in [-0.25, -0.2) is 0 Å². The van der Waals surface area contributed by atoms with Crippen molar-refractivity contribution in [3.05, 3.63) is 30.6 Å². The molecule has 0 atom stereocenters. The van der Waals surface area contributed by atoms with Crippen LogP contribution in [0.25, 0.3) is 11.4 Å². The number of aromatic nitrogens is 3. The molecule has 1 heterocycles. The van der Waals surface area contributed by atoms with Crippen LogP contribution in [0.3, 0.4) is 0 Å². The Labute approximate surface area is 126 Å². The Balaban J connectivity index is 1.80. The standard InChI is InChI=1S/C17H24N4/c1-21-13-18-20-17(21)15-11-7-8-12-16(15)19-14-9-5-3-2-4-6-10-14/h7-8,11-14,19H,2-6,9-10H2,1H3. The highest BCUT2D eigenvalue weighted by Gasteiger charge is 2.15. The van der Waals surface area contributed by atoms with Crippen molar-refractivity contribution in [2.75, 3.05) is 5.32 Å². The van der Waals surface area contributed by atoms with Crippen LogP contribution >= 0.6 is 0 Å². The van der Waals surface area contributed by atoms with Crippen molar-refractivity contribution < 1.29 is 0 Å². The lowest BCUT2D eigenvalue weighted by Crippen LogP contribution is -2.21. The van der Waals surface area contributed by atoms with Crippen molar-refractivity contribution in [3.8, 4) is 11.4 Å². The molecular formula is C17H24N4. The third-order valence-corrected chi connectivity index (χ3v) is 4.34. The number of nitrogens with zero attached hydrogens (tertiary/aromatic N) is 3. The summed E-state index contributed by atoms with van der Waals surface area (Å²) in [6.45, 7) is 0. The summed E-state index contributed by atoms with van der Waals surface area (Å²) < 4.78 is 1.97. The van der Waals surface area contributed by atoms with Crippen LogP contribution in [-0.2, 0) is 7.05 Å². The lowest BCUT2D eigenvalue weighted by Gasteiger charge is -2.23. The Bertz CT molecular complexity index is 568. The predicted octanol–water partition coefficient (Wildman–Crippen LogP) is 4.01. The monoisotopic (exact) mass is 284 g/mol. The quantitative estimate of drug-likeness (QED) is 0.926. The third-order valence-electron chi connectivity index (χ3n) is 4.34. The molecule has 0 radical (unpaired) electrons. The van der Waals surface area contributed by atoms with Gasteiger partial charge in [0, 0.05) is 24.3 Å². The second kappa shape index (κ2) is 6.74. The molecule has 0 unspecified atom stereocenters. The number of hydrogen-bond donors (Lipinski definition) is 1. The maximum Gasteiger partial charge on any atom is 0.165 e. The Morgan fingerprint density at radius 1 is 1.05 bits per heavy atom. The summed E-state index contributed by atoms with van der Waals surface area (Å²) >= 11 is 0. The molecule has 112 valence electrons. The zero-order valence-corrected chi connectivity index (χ0v) is 12.8. The molecule has 0 bridgehead atoms. The van der Waals surface area contributed by atoms with Gasteiger partial charge < -0.3 is 9.88 Å². The summed E-state index contributed by atoms with van der Waals surface area (Å²) in [5.74, 6) is 0.920. The Hall–Kier alpha value is -1.84. The summed E-state index contributed by atoms with van der Waals surface area (Å²) in [5, 5.41) is 12.0. The molecule has 0 spiro atoms. The molecule has 4 nitrogen and oxygen atoms in total. The van der Waals surface area contributed by atoms with Gasteiger partial charge in [-0.05, 0) is 25.0 Å². The van der Waals surface area contributed by atoms with Crippen LogP contribution in [0.5, 0.6) is 0 Å². The highest BCUT2D eigenvalue weighted by Crippen LogP contribution is 2.28. The van der Waals surface area contributed by atoms with Gasteiger partial charge in [-0.1, -0.05) is 44.2 Å². The molecular weight excluding hydrogens is 260 g/mol. The van der Waals surface area contributed by atoms with Crippen molar-refractivity contribution in [2.45, 2.75) is 51.0 Å². The summed E-state index contributed by atoms with van der Waals surface area (Å²) in [6, 6.07) is 9.01. The zero-order valence-electron chi connectivity index (χ0n) is 12.8. The maximum atomic E-state index is 4.25. The summed E-state index contributed by atoms with van der Waals surface area (Å²) in [4.78, 5) is 0. The molecule has 1 aliphatic carbocycles. The number of rotatable bonds is 3. The molecule has 4 heteroatoms. The number of para-hydroxylation sites is 1. The van der Waals surface area contributed by atoms with Crippen LogP contribution in [0, 0.1) is 0 Å². The molecule has 3 rings (SSSR count). The van der Waals surface area contributed by atoms with E-state index in [0.717, 1.165) is 11.4 Å². The molecule has 2 aromatic rings. The topological polar surface area (TPSA) is 42.7 Å². The van der Waals surface area contributed by atoms with Crippen LogP contribution in [0.15, 0.2) is 30.6 Å². The number of anilines is 1. The van der Waals surface area contributed by atoms with Gasteiger partial charge in [0.1, 0.15) is 6.33 Å². The molecule has 0 amide bonds. The fraction of sp³-hybridized carbons (Fsp3) is 0.529. The average molecular weight is 284 g/mol. The minimum absolute atomic E-state index is 0.583. The van der Waals surface area contributed by atoms with Gasteiger partial charge in [0.25, 0.3) is 0 Å². The first-order valence-corrected chi connectivity index (χ1v) is 8.04. The van der Waals surface area contributed by atoms with Gasteiger partial charge in [0.15, 0.2) is 5.82 Å². The summed E-state index contributed by atoms with van der Waals surface area (Å²) in [5.41, 5.74) is 2.32. The fourth-order valence-corrected chi connectivity index (χ4v) is 3.15. The minimum Gasteiger partial charge on any atom is -0.382 e. The second-order valence-corrected chi connectivity index (χ2v) is 6.00. The van der Waals surface area contributed by atoms with E-state index < -0.39 is 0 Å². The highest BCUT2D eigenvalue weighted by molar-refractivity contribution is 5.73. The highest BCUT2D eigenvalue weighted by atomic mass is 15.2. The van der Waals surface area contributed by atoms with Gasteiger partial charge in [-0.2, -0.15) is 0 Å². The van der Waals surface area contributed by atoms with E-state index >= 15 is 0 Å². The van der Waals surface area contributed by atoms with Crippen LogP contribution < -0.4 is 5.32 Å². The van der Waals surface area contributed by atoms with Crippen molar-refractivity contribution in [1.29, 1.82) is 0 Å². The third kappa shape index (κ3) is 3.43. The number of hydrogen-bond acceptors (Lipinski definition) is 3. The number of aryl methyl sites for hydroxylation is 1. The van der Waals surface area contributed by atoms with Crippen LogP contribution in [0.4, 0.5) is 5.69 Å². The Morgan fingerprint density at radius 2 is 1.76 bits per heavy atom. The first kappa shape index (κ1) is 14.1. The fourth-order valence-electron chi connectivity index (χ4n) is 3.15. The summed E-state index contributed by atoms with van der Waals surface area (Å²) in [7, 11) is 1.99. The van der Waals surface area contributed by atoms with Gasteiger partial charge >= 0.3 is 0 Å². The molecule has 1 saturated carbocycles. The van der Waals surface area contributed by atoms with E-state index in [2.05, 4.69) is 39.8 Å². The lowest BCUT2D eigenvalue weighted by molar-refractivity contribution is 0.471. The molecule has 1 aromatic heterocycles. The van der Waals surface area contributed by atoms with Gasteiger partial charge in [-0.15, -0.1) is 10.2 Å². The number of benzene rings is 1. The largest absolute Gasteiger partial charge is 0.382 e. The first-order chi connectivity index (χ1) is 10.3. The van der Waals surface area contributed by atoms with E-state index in [1.54, 1.807) is 6.33 Å². The van der Waals surface area contributed by atoms with Crippen molar-refractivity contribution >= 4 is 5.69 Å². The van der Waals surface area contributed by atoms with Crippen molar-refractivity contribution in [3.63, 3.8) is 0 Å². The van der Waals surface area contributed by atoms with Crippen molar-refractivity contribution in [1.82, 2.24) is 14.8 Å². The van der Waals surface area contributed by atoms with E-state index in [4.69, 9.17) is 0 Å². The van der Waals surface area contributed by atoms with E-state index in [1.807, 2.05) is 11.6 Å². The molecule has 0 saturated heterocycles. The maximum absolute atomic E-state index is 4.25. The van der Waals surface area contributed by atoms with Gasteiger partial charge in [-0.3, -0.25) is 0 Å². The number of nitrogens with one attached hydrogen (secondary N) is 1. The van der Waals surface area contributed by atoms with Crippen LogP contribution in [0.2, 0.25) is 0 Å².